The van der Waals surface area contributed by atoms with Gasteiger partial charge in [0.2, 0.25) is 0 Å². The number of rotatable bonds is 2. The summed E-state index contributed by atoms with van der Waals surface area (Å²) in [6.45, 7) is -0.152. The zero-order valence-electron chi connectivity index (χ0n) is 10.3. The Labute approximate surface area is 106 Å². The number of pyridine rings is 1. The summed E-state index contributed by atoms with van der Waals surface area (Å²) in [6.07, 6.45) is 2.76. The van der Waals surface area contributed by atoms with Gasteiger partial charge in [0, 0.05) is 19.3 Å². The molecule has 7 nitrogen and oxygen atoms in total. The number of nitrogens with zero attached hydrogens (tertiary/aromatic N) is 2. The van der Waals surface area contributed by atoms with Crippen molar-refractivity contribution in [1.82, 2.24) is 14.3 Å². The number of H-pyrrole nitrogens is 1. The number of aromatic nitrogens is 3. The minimum absolute atomic E-state index is 0.0984. The topological polar surface area (TPSA) is 97.1 Å². The van der Waals surface area contributed by atoms with Crippen LogP contribution in [0.5, 0.6) is 0 Å². The molecule has 0 spiro atoms. The first-order chi connectivity index (χ1) is 8.98. The SMILES string of the molecule is Cn1[nH]c(=O)c2cn(C3(CO)CC3)c(=O)cc2c1=O. The summed E-state index contributed by atoms with van der Waals surface area (Å²) in [5.74, 6) is 0. The lowest BCUT2D eigenvalue weighted by Crippen LogP contribution is -2.35. The molecular weight excluding hydrogens is 250 g/mol. The molecule has 0 saturated heterocycles. The Bertz CT molecular complexity index is 839. The molecule has 0 bridgehead atoms. The van der Waals surface area contributed by atoms with E-state index in [-0.39, 0.29) is 22.9 Å². The van der Waals surface area contributed by atoms with Gasteiger partial charge in [-0.15, -0.1) is 0 Å². The van der Waals surface area contributed by atoms with Crippen LogP contribution in [0.2, 0.25) is 0 Å². The monoisotopic (exact) mass is 263 g/mol. The van der Waals surface area contributed by atoms with Crippen molar-refractivity contribution in [3.8, 4) is 0 Å². The van der Waals surface area contributed by atoms with E-state index in [4.69, 9.17) is 0 Å². The van der Waals surface area contributed by atoms with Gasteiger partial charge < -0.3 is 9.67 Å². The highest BCUT2D eigenvalue weighted by Gasteiger charge is 2.44. The van der Waals surface area contributed by atoms with Crippen molar-refractivity contribution in [2.45, 2.75) is 18.4 Å². The van der Waals surface area contributed by atoms with Gasteiger partial charge in [-0.1, -0.05) is 0 Å². The standard InChI is InChI=1S/C12H13N3O4/c1-14-11(19)7-4-9(17)15(12(6-16)2-3-12)5-8(7)10(18)13-14/h4-5,16H,2-3,6H2,1H3,(H,13,18). The largest absolute Gasteiger partial charge is 0.394 e. The highest BCUT2D eigenvalue weighted by Crippen LogP contribution is 2.41. The summed E-state index contributed by atoms with van der Waals surface area (Å²) < 4.78 is 2.41. The molecule has 3 rings (SSSR count). The first kappa shape index (κ1) is 11.9. The molecule has 2 heterocycles. The second-order valence-corrected chi connectivity index (χ2v) is 5.00. The van der Waals surface area contributed by atoms with Crippen LogP contribution >= 0.6 is 0 Å². The van der Waals surface area contributed by atoms with Crippen LogP contribution in [0.3, 0.4) is 0 Å². The molecule has 19 heavy (non-hydrogen) atoms. The molecule has 1 fully saturated rings. The fourth-order valence-electron chi connectivity index (χ4n) is 2.33. The van der Waals surface area contributed by atoms with Gasteiger partial charge >= 0.3 is 0 Å². The molecule has 0 amide bonds. The number of aliphatic hydroxyl groups excluding tert-OH is 1. The molecule has 0 radical (unpaired) electrons. The van der Waals surface area contributed by atoms with Gasteiger partial charge in [0.1, 0.15) is 0 Å². The molecule has 1 saturated carbocycles. The number of hydrogen-bond donors (Lipinski definition) is 2. The average Bonchev–Trinajstić information content (AvgIpc) is 3.16. The molecular formula is C12H13N3O4. The Balaban J connectivity index is 2.42. The van der Waals surface area contributed by atoms with Crippen LogP contribution in [-0.4, -0.2) is 26.1 Å². The number of aliphatic hydroxyl groups is 1. The average molecular weight is 263 g/mol. The molecule has 100 valence electrons. The second kappa shape index (κ2) is 3.67. The molecule has 0 atom stereocenters. The lowest BCUT2D eigenvalue weighted by Gasteiger charge is -2.16. The van der Waals surface area contributed by atoms with Crippen molar-refractivity contribution < 1.29 is 5.11 Å². The van der Waals surface area contributed by atoms with E-state index in [1.807, 2.05) is 0 Å². The second-order valence-electron chi connectivity index (χ2n) is 5.00. The maximum Gasteiger partial charge on any atom is 0.273 e. The third kappa shape index (κ3) is 1.58. The van der Waals surface area contributed by atoms with Crippen LogP contribution in [-0.2, 0) is 12.6 Å². The maximum atomic E-state index is 12.0. The zero-order valence-corrected chi connectivity index (χ0v) is 10.3. The molecule has 7 heteroatoms. The van der Waals surface area contributed by atoms with E-state index >= 15 is 0 Å². The first-order valence-corrected chi connectivity index (χ1v) is 5.96. The molecule has 2 aromatic heterocycles. The molecule has 0 unspecified atom stereocenters. The Morgan fingerprint density at radius 1 is 1.32 bits per heavy atom. The number of hydrogen-bond acceptors (Lipinski definition) is 4. The van der Waals surface area contributed by atoms with Gasteiger partial charge in [-0.2, -0.15) is 0 Å². The Morgan fingerprint density at radius 2 is 2.00 bits per heavy atom. The lowest BCUT2D eigenvalue weighted by atomic mass is 10.2. The van der Waals surface area contributed by atoms with Gasteiger partial charge in [-0.3, -0.25) is 24.2 Å². The number of fused-ring (bicyclic) bond motifs is 1. The van der Waals surface area contributed by atoms with Crippen LogP contribution < -0.4 is 16.7 Å². The normalized spacial score (nSPS) is 16.7. The van der Waals surface area contributed by atoms with Crippen LogP contribution in [0, 0.1) is 0 Å². The highest BCUT2D eigenvalue weighted by atomic mass is 16.3. The van der Waals surface area contributed by atoms with Gasteiger partial charge in [0.15, 0.2) is 0 Å². The minimum Gasteiger partial charge on any atom is -0.394 e. The van der Waals surface area contributed by atoms with E-state index in [1.165, 1.54) is 23.9 Å². The van der Waals surface area contributed by atoms with E-state index in [9.17, 15) is 19.5 Å². The molecule has 2 N–H and O–H groups in total. The van der Waals surface area contributed by atoms with E-state index < -0.39 is 16.7 Å². The summed E-state index contributed by atoms with van der Waals surface area (Å²) in [7, 11) is 1.42. The van der Waals surface area contributed by atoms with E-state index in [0.717, 1.165) is 4.68 Å². The fourth-order valence-corrected chi connectivity index (χ4v) is 2.33. The van der Waals surface area contributed by atoms with Crippen LogP contribution in [0.25, 0.3) is 10.8 Å². The van der Waals surface area contributed by atoms with E-state index in [0.29, 0.717) is 12.8 Å². The van der Waals surface area contributed by atoms with Gasteiger partial charge in [0.25, 0.3) is 16.7 Å². The zero-order chi connectivity index (χ0) is 13.8. The predicted octanol–water partition coefficient (Wildman–Crippen LogP) is -1.13. The van der Waals surface area contributed by atoms with Gasteiger partial charge in [0.05, 0.1) is 22.9 Å². The third-order valence-corrected chi connectivity index (χ3v) is 3.74. The Morgan fingerprint density at radius 3 is 2.58 bits per heavy atom. The minimum atomic E-state index is -0.598. The smallest absolute Gasteiger partial charge is 0.273 e. The first-order valence-electron chi connectivity index (χ1n) is 5.96. The summed E-state index contributed by atoms with van der Waals surface area (Å²) in [5, 5.41) is 12.0. The van der Waals surface area contributed by atoms with E-state index in [2.05, 4.69) is 5.10 Å². The predicted molar refractivity (Wildman–Crippen MR) is 68.4 cm³/mol. The summed E-state index contributed by atoms with van der Waals surface area (Å²) >= 11 is 0. The quantitative estimate of drug-likeness (QED) is 0.716. The van der Waals surface area contributed by atoms with Crippen molar-refractivity contribution in [2.24, 2.45) is 7.05 Å². The number of nitrogens with one attached hydrogen (secondary N) is 1. The molecule has 0 aromatic carbocycles. The van der Waals surface area contributed by atoms with Crippen LogP contribution in [0.15, 0.2) is 26.6 Å². The summed E-state index contributed by atoms with van der Waals surface area (Å²) in [4.78, 5) is 35.8. The van der Waals surface area contributed by atoms with Crippen LogP contribution in [0.4, 0.5) is 0 Å². The van der Waals surface area contributed by atoms with E-state index in [1.54, 1.807) is 0 Å². The van der Waals surface area contributed by atoms with Crippen molar-refractivity contribution >= 4 is 10.8 Å². The summed E-state index contributed by atoms with van der Waals surface area (Å²) in [6, 6.07) is 1.17. The van der Waals surface area contributed by atoms with Crippen molar-refractivity contribution in [2.75, 3.05) is 6.61 Å². The number of aryl methyl sites for hydroxylation is 1. The molecule has 1 aliphatic carbocycles. The lowest BCUT2D eigenvalue weighted by molar-refractivity contribution is 0.210. The highest BCUT2D eigenvalue weighted by molar-refractivity contribution is 5.79. The maximum absolute atomic E-state index is 12.0. The Kier molecular flexibility index (Phi) is 2.30. The van der Waals surface area contributed by atoms with Crippen molar-refractivity contribution in [3.63, 3.8) is 0 Å². The van der Waals surface area contributed by atoms with Crippen molar-refractivity contribution in [3.05, 3.63) is 43.3 Å². The van der Waals surface area contributed by atoms with Gasteiger partial charge in [-0.05, 0) is 12.8 Å². The van der Waals surface area contributed by atoms with Crippen LogP contribution in [0.1, 0.15) is 12.8 Å². The molecule has 1 aliphatic rings. The molecule has 2 aromatic rings. The Hall–Kier alpha value is -2.15. The van der Waals surface area contributed by atoms with Crippen molar-refractivity contribution in [1.29, 1.82) is 0 Å². The number of aromatic amines is 1. The third-order valence-electron chi connectivity index (χ3n) is 3.74. The van der Waals surface area contributed by atoms with Gasteiger partial charge in [-0.25, -0.2) is 0 Å². The fraction of sp³-hybridized carbons (Fsp3) is 0.417. The summed E-state index contributed by atoms with van der Waals surface area (Å²) in [5.41, 5.74) is -1.83. The molecule has 0 aliphatic heterocycles.